The Morgan fingerprint density at radius 1 is 1.00 bits per heavy atom. The van der Waals surface area contributed by atoms with Gasteiger partial charge in [-0.2, -0.15) is 8.42 Å². The van der Waals surface area contributed by atoms with Gasteiger partial charge >= 0.3 is 10.2 Å². The third-order valence-electron chi connectivity index (χ3n) is 4.48. The highest BCUT2D eigenvalue weighted by Crippen LogP contribution is 2.22. The number of nitrogens with one attached hydrogen (secondary N) is 1. The molecule has 1 aliphatic rings. The topological polar surface area (TPSA) is 115 Å². The number of aryl methyl sites for hydroxylation is 1. The molecular formula is C17H14FN3O5S2. The van der Waals surface area contributed by atoms with Crippen molar-refractivity contribution in [2.75, 3.05) is 4.72 Å². The van der Waals surface area contributed by atoms with Crippen molar-refractivity contribution in [1.82, 2.24) is 9.55 Å². The molecule has 0 spiro atoms. The predicted molar refractivity (Wildman–Crippen MR) is 99.9 cm³/mol. The maximum atomic E-state index is 12.9. The molecule has 0 atom stereocenters. The molecule has 0 aliphatic carbocycles. The van der Waals surface area contributed by atoms with Crippen molar-refractivity contribution in [1.29, 1.82) is 0 Å². The van der Waals surface area contributed by atoms with Gasteiger partial charge in [-0.1, -0.05) is 0 Å². The molecule has 3 aromatic rings. The monoisotopic (exact) mass is 423 g/mol. The van der Waals surface area contributed by atoms with Crippen LogP contribution >= 0.6 is 0 Å². The van der Waals surface area contributed by atoms with Crippen molar-refractivity contribution in [3.05, 3.63) is 58.6 Å². The molecule has 8 nitrogen and oxygen atoms in total. The highest BCUT2D eigenvalue weighted by molar-refractivity contribution is 7.92. The Bertz CT molecular complexity index is 1360. The second-order valence-corrected chi connectivity index (χ2v) is 9.36. The van der Waals surface area contributed by atoms with Crippen molar-refractivity contribution in [2.24, 2.45) is 0 Å². The molecule has 0 saturated carbocycles. The van der Waals surface area contributed by atoms with Crippen molar-refractivity contribution in [3.63, 3.8) is 0 Å². The third kappa shape index (κ3) is 3.27. The number of aromatic nitrogens is 2. The van der Waals surface area contributed by atoms with Crippen LogP contribution < -0.4 is 10.3 Å². The molecule has 0 fully saturated rings. The second kappa shape index (κ2) is 6.38. The van der Waals surface area contributed by atoms with Crippen LogP contribution in [0.2, 0.25) is 0 Å². The van der Waals surface area contributed by atoms with Gasteiger partial charge in [0.05, 0.1) is 20.7 Å². The standard InChI is InChI=1S/C17H14FN3O5S2/c18-27(23,24)12-4-6-13(7-5-12)28(25,26)20-11-3-8-15-14(10-11)17(22)21-9-1-2-16(21)19-15/h3-8,10,20H,1-2,9H2. The molecule has 1 aliphatic heterocycles. The van der Waals surface area contributed by atoms with E-state index in [9.17, 15) is 25.5 Å². The number of halogens is 1. The van der Waals surface area contributed by atoms with Gasteiger partial charge in [-0.3, -0.25) is 14.1 Å². The van der Waals surface area contributed by atoms with E-state index in [1.54, 1.807) is 10.6 Å². The Labute approximate surface area is 159 Å². The number of anilines is 1. The molecule has 1 N–H and O–H groups in total. The summed E-state index contributed by atoms with van der Waals surface area (Å²) >= 11 is 0. The average Bonchev–Trinajstić information content (AvgIpc) is 3.10. The van der Waals surface area contributed by atoms with Gasteiger partial charge in [0.15, 0.2) is 0 Å². The summed E-state index contributed by atoms with van der Waals surface area (Å²) in [5.74, 6) is 0.716. The molecule has 0 amide bonds. The lowest BCUT2D eigenvalue weighted by Gasteiger charge is -2.10. The molecule has 0 radical (unpaired) electrons. The van der Waals surface area contributed by atoms with Crippen molar-refractivity contribution >= 4 is 36.8 Å². The molecule has 2 heterocycles. The Kier molecular flexibility index (Phi) is 4.23. The summed E-state index contributed by atoms with van der Waals surface area (Å²) in [6.07, 6.45) is 1.56. The van der Waals surface area contributed by atoms with Crippen LogP contribution in [0.4, 0.5) is 9.57 Å². The number of rotatable bonds is 4. The molecule has 2 aromatic carbocycles. The van der Waals surface area contributed by atoms with E-state index in [4.69, 9.17) is 0 Å². The molecule has 28 heavy (non-hydrogen) atoms. The first-order chi connectivity index (χ1) is 13.1. The maximum absolute atomic E-state index is 12.9. The van der Waals surface area contributed by atoms with Gasteiger partial charge in [-0.25, -0.2) is 13.4 Å². The van der Waals surface area contributed by atoms with Crippen LogP contribution in [0.5, 0.6) is 0 Å². The fourth-order valence-corrected chi connectivity index (χ4v) is 4.65. The molecule has 0 saturated heterocycles. The summed E-state index contributed by atoms with van der Waals surface area (Å²) in [6.45, 7) is 0.580. The minimum atomic E-state index is -4.92. The second-order valence-electron chi connectivity index (χ2n) is 6.34. The smallest absolute Gasteiger partial charge is 0.296 e. The molecule has 11 heteroatoms. The summed E-state index contributed by atoms with van der Waals surface area (Å²) in [7, 11) is -8.98. The quantitative estimate of drug-likeness (QED) is 0.640. The van der Waals surface area contributed by atoms with Crippen LogP contribution in [0.1, 0.15) is 12.2 Å². The summed E-state index contributed by atoms with van der Waals surface area (Å²) in [6, 6.07) is 8.16. The van der Waals surface area contributed by atoms with Gasteiger partial charge < -0.3 is 0 Å². The highest BCUT2D eigenvalue weighted by atomic mass is 32.3. The van der Waals surface area contributed by atoms with Crippen LogP contribution in [0.25, 0.3) is 10.9 Å². The molecule has 0 bridgehead atoms. The normalized spacial score (nSPS) is 14.2. The lowest BCUT2D eigenvalue weighted by molar-refractivity contribution is 0.551. The first kappa shape index (κ1) is 18.6. The number of nitrogens with zero attached hydrogens (tertiary/aromatic N) is 2. The van der Waals surface area contributed by atoms with Crippen molar-refractivity contribution < 1.29 is 20.7 Å². The number of fused-ring (bicyclic) bond motifs is 2. The molecule has 0 unspecified atom stereocenters. The van der Waals surface area contributed by atoms with Crippen LogP contribution in [-0.2, 0) is 33.2 Å². The summed E-state index contributed by atoms with van der Waals surface area (Å²) in [5.41, 5.74) is 0.418. The molecular weight excluding hydrogens is 409 g/mol. The molecule has 1 aromatic heterocycles. The van der Waals surface area contributed by atoms with Gasteiger partial charge in [-0.15, -0.1) is 3.89 Å². The van der Waals surface area contributed by atoms with Crippen LogP contribution in [0.15, 0.2) is 57.1 Å². The summed E-state index contributed by atoms with van der Waals surface area (Å²) < 4.78 is 63.6. The van der Waals surface area contributed by atoms with Crippen molar-refractivity contribution in [2.45, 2.75) is 29.2 Å². The molecule has 4 rings (SSSR count). The Balaban J connectivity index is 1.70. The predicted octanol–water partition coefficient (Wildman–Crippen LogP) is 1.80. The van der Waals surface area contributed by atoms with Gasteiger partial charge in [0.25, 0.3) is 15.6 Å². The Morgan fingerprint density at radius 2 is 1.68 bits per heavy atom. The van der Waals surface area contributed by atoms with Crippen LogP contribution in [-0.4, -0.2) is 26.4 Å². The van der Waals surface area contributed by atoms with Crippen molar-refractivity contribution in [3.8, 4) is 0 Å². The Hall–Kier alpha value is -2.79. The average molecular weight is 423 g/mol. The SMILES string of the molecule is O=c1c2cc(NS(=O)(=O)c3ccc(S(=O)(=O)F)cc3)ccc2nc2n1CCC2. The molecule has 146 valence electrons. The summed E-state index contributed by atoms with van der Waals surface area (Å²) in [5, 5.41) is 0.296. The van der Waals surface area contributed by atoms with Crippen LogP contribution in [0, 0.1) is 0 Å². The van der Waals surface area contributed by atoms with E-state index in [1.807, 2.05) is 0 Å². The number of hydrogen-bond acceptors (Lipinski definition) is 6. The zero-order chi connectivity index (χ0) is 20.1. The summed E-state index contributed by atoms with van der Waals surface area (Å²) in [4.78, 5) is 16.2. The fourth-order valence-electron chi connectivity index (χ4n) is 3.14. The maximum Gasteiger partial charge on any atom is 0.332 e. The number of benzene rings is 2. The van der Waals surface area contributed by atoms with E-state index < -0.39 is 25.1 Å². The Morgan fingerprint density at radius 3 is 2.36 bits per heavy atom. The minimum Gasteiger partial charge on any atom is -0.296 e. The first-order valence-electron chi connectivity index (χ1n) is 8.26. The van der Waals surface area contributed by atoms with Crippen LogP contribution in [0.3, 0.4) is 0 Å². The first-order valence-corrected chi connectivity index (χ1v) is 11.1. The van der Waals surface area contributed by atoms with E-state index >= 15 is 0 Å². The van der Waals surface area contributed by atoms with E-state index in [0.29, 0.717) is 23.3 Å². The van der Waals surface area contributed by atoms with Gasteiger partial charge in [0.1, 0.15) is 5.82 Å². The minimum absolute atomic E-state index is 0.159. The van der Waals surface area contributed by atoms with Gasteiger partial charge in [0.2, 0.25) is 0 Å². The third-order valence-corrected chi connectivity index (χ3v) is 6.72. The zero-order valence-electron chi connectivity index (χ0n) is 14.3. The van der Waals surface area contributed by atoms with E-state index in [1.165, 1.54) is 12.1 Å². The number of hydrogen-bond donors (Lipinski definition) is 1. The van der Waals surface area contributed by atoms with E-state index in [0.717, 1.165) is 37.1 Å². The van der Waals surface area contributed by atoms with Gasteiger partial charge in [0, 0.05) is 18.7 Å². The largest absolute Gasteiger partial charge is 0.332 e. The van der Waals surface area contributed by atoms with E-state index in [2.05, 4.69) is 9.71 Å². The highest BCUT2D eigenvalue weighted by Gasteiger charge is 2.19. The lowest BCUT2D eigenvalue weighted by Crippen LogP contribution is -2.21. The fraction of sp³-hybridized carbons (Fsp3) is 0.176. The van der Waals surface area contributed by atoms with Gasteiger partial charge in [-0.05, 0) is 48.9 Å². The number of sulfonamides is 1. The zero-order valence-corrected chi connectivity index (χ0v) is 15.9. The lowest BCUT2D eigenvalue weighted by atomic mass is 10.2. The van der Waals surface area contributed by atoms with E-state index in [-0.39, 0.29) is 16.1 Å².